The minimum absolute atomic E-state index is 0.213. The average Bonchev–Trinajstić information content (AvgIpc) is 3.47. The van der Waals surface area contributed by atoms with E-state index in [1.807, 2.05) is 79.1 Å². The molecular weight excluding hydrogens is 490 g/mol. The van der Waals surface area contributed by atoms with Crippen LogP contribution in [0.25, 0.3) is 27.7 Å². The fraction of sp³-hybridized carbons (Fsp3) is 0.185. The first-order valence-electron chi connectivity index (χ1n) is 11.6. The number of hydrogen-bond donors (Lipinski definition) is 2. The molecule has 0 radical (unpaired) electrons. The van der Waals surface area contributed by atoms with Crippen LogP contribution in [-0.4, -0.2) is 31.7 Å². The van der Waals surface area contributed by atoms with Crippen molar-refractivity contribution in [1.29, 1.82) is 0 Å². The van der Waals surface area contributed by atoms with Crippen LogP contribution in [0.3, 0.4) is 0 Å². The van der Waals surface area contributed by atoms with Gasteiger partial charge in [0.2, 0.25) is 5.91 Å². The third kappa shape index (κ3) is 4.36. The summed E-state index contributed by atoms with van der Waals surface area (Å²) in [5, 5.41) is 15.3. The van der Waals surface area contributed by atoms with Crippen molar-refractivity contribution in [3.63, 3.8) is 0 Å². The number of benzene rings is 2. The first-order valence-corrected chi connectivity index (χ1v) is 13.3. The Hall–Kier alpha value is -3.69. The molecule has 0 aliphatic carbocycles. The number of thiophene rings is 1. The summed E-state index contributed by atoms with van der Waals surface area (Å²) >= 11 is 2.66. The molecule has 0 fully saturated rings. The minimum atomic E-state index is -0.576. The number of thioether (sulfide) groups is 1. The number of nitrogens with zero attached hydrogens (tertiary/aromatic N) is 3. The molecule has 0 aliphatic rings. The second-order valence-corrected chi connectivity index (χ2v) is 10.7. The first-order chi connectivity index (χ1) is 17.4. The molecule has 3 aromatic heterocycles. The van der Waals surface area contributed by atoms with Crippen molar-refractivity contribution >= 4 is 56.5 Å². The highest BCUT2D eigenvalue weighted by Gasteiger charge is 2.25. The Balaban J connectivity index is 1.45. The monoisotopic (exact) mass is 515 g/mol. The van der Waals surface area contributed by atoms with Crippen molar-refractivity contribution in [1.82, 2.24) is 14.6 Å². The Morgan fingerprint density at radius 3 is 2.58 bits per heavy atom. The predicted molar refractivity (Wildman–Crippen MR) is 147 cm³/mol. The highest BCUT2D eigenvalue weighted by Crippen LogP contribution is 2.36. The summed E-state index contributed by atoms with van der Waals surface area (Å²) in [6.07, 6.45) is 0.567. The number of anilines is 1. The molecule has 5 rings (SSSR count). The molecule has 0 spiro atoms. The maximum Gasteiger partial charge on any atom is 0.252 e. The Morgan fingerprint density at radius 2 is 1.86 bits per heavy atom. The van der Waals surface area contributed by atoms with E-state index in [0.717, 1.165) is 33.2 Å². The van der Waals surface area contributed by atoms with E-state index in [2.05, 4.69) is 21.6 Å². The van der Waals surface area contributed by atoms with Crippen LogP contribution in [0.1, 0.15) is 34.8 Å². The maximum atomic E-state index is 13.4. The van der Waals surface area contributed by atoms with Gasteiger partial charge in [0, 0.05) is 16.3 Å². The third-order valence-electron chi connectivity index (χ3n) is 6.12. The van der Waals surface area contributed by atoms with Crippen LogP contribution in [0.15, 0.2) is 65.1 Å². The number of fused-ring (bicyclic) bond motifs is 3. The van der Waals surface area contributed by atoms with E-state index in [1.54, 1.807) is 0 Å². The quantitative estimate of drug-likeness (QED) is 0.265. The van der Waals surface area contributed by atoms with Crippen molar-refractivity contribution < 1.29 is 9.59 Å². The number of rotatable bonds is 7. The molecule has 3 heterocycles. The molecule has 3 N–H and O–H groups in total. The number of para-hydroxylation sites is 1. The van der Waals surface area contributed by atoms with E-state index >= 15 is 0 Å². The van der Waals surface area contributed by atoms with Crippen molar-refractivity contribution in [2.45, 2.75) is 37.6 Å². The number of pyridine rings is 1. The molecule has 5 aromatic rings. The fourth-order valence-corrected chi connectivity index (χ4v) is 6.18. The van der Waals surface area contributed by atoms with Gasteiger partial charge in [0.05, 0.1) is 16.3 Å². The number of nitrogens with one attached hydrogen (secondary N) is 1. The molecule has 7 nitrogen and oxygen atoms in total. The smallest absolute Gasteiger partial charge is 0.252 e. The van der Waals surface area contributed by atoms with E-state index < -0.39 is 11.2 Å². The number of hydrogen-bond acceptors (Lipinski definition) is 6. The van der Waals surface area contributed by atoms with E-state index in [9.17, 15) is 9.59 Å². The molecule has 2 aromatic carbocycles. The van der Waals surface area contributed by atoms with Crippen LogP contribution in [0.2, 0.25) is 0 Å². The molecule has 182 valence electrons. The largest absolute Gasteiger partial charge is 0.365 e. The van der Waals surface area contributed by atoms with Crippen molar-refractivity contribution in [2.24, 2.45) is 5.73 Å². The molecular formula is C27H25N5O2S2. The van der Waals surface area contributed by atoms with Gasteiger partial charge in [0.1, 0.15) is 5.00 Å². The van der Waals surface area contributed by atoms with Gasteiger partial charge in [0.25, 0.3) is 5.91 Å². The molecule has 0 aliphatic heterocycles. The van der Waals surface area contributed by atoms with Gasteiger partial charge in [0.15, 0.2) is 10.8 Å². The fourth-order valence-electron chi connectivity index (χ4n) is 4.23. The highest BCUT2D eigenvalue weighted by atomic mass is 32.2. The topological polar surface area (TPSA) is 102 Å². The molecule has 0 saturated carbocycles. The summed E-state index contributed by atoms with van der Waals surface area (Å²) in [5.41, 5.74) is 11.6. The molecule has 1 unspecified atom stereocenters. The molecule has 2 amide bonds. The predicted octanol–water partition coefficient (Wildman–Crippen LogP) is 5.84. The lowest BCUT2D eigenvalue weighted by Crippen LogP contribution is -2.26. The molecule has 36 heavy (non-hydrogen) atoms. The van der Waals surface area contributed by atoms with Gasteiger partial charge in [-0.1, -0.05) is 66.7 Å². The van der Waals surface area contributed by atoms with Gasteiger partial charge >= 0.3 is 0 Å². The van der Waals surface area contributed by atoms with Gasteiger partial charge in [-0.15, -0.1) is 21.5 Å². The Bertz CT molecular complexity index is 1600. The van der Waals surface area contributed by atoms with Gasteiger partial charge in [-0.05, 0) is 43.5 Å². The highest BCUT2D eigenvalue weighted by molar-refractivity contribution is 8.00. The lowest BCUT2D eigenvalue weighted by Gasteiger charge is -2.14. The lowest BCUT2D eigenvalue weighted by atomic mass is 10.0. The summed E-state index contributed by atoms with van der Waals surface area (Å²) in [7, 11) is 0. The standard InChI is InChI=1S/C27H25N5O2S2/c1-4-21(36-27-31-30-22-13-16(3)18-7-5-6-8-20(18)32(22)27)25(34)29-26-23(24(28)33)19(14-35-26)17-11-9-15(2)10-12-17/h5-14,21H,4H2,1-3H3,(H2,28,33)(H,29,34). The number of aromatic nitrogens is 3. The summed E-state index contributed by atoms with van der Waals surface area (Å²) < 4.78 is 1.98. The summed E-state index contributed by atoms with van der Waals surface area (Å²) in [6.45, 7) is 6.00. The van der Waals surface area contributed by atoms with Gasteiger partial charge in [-0.3, -0.25) is 14.0 Å². The summed E-state index contributed by atoms with van der Waals surface area (Å²) in [6, 6.07) is 17.9. The summed E-state index contributed by atoms with van der Waals surface area (Å²) in [4.78, 5) is 25.7. The number of aryl methyl sites for hydroxylation is 2. The molecule has 0 saturated heterocycles. The Morgan fingerprint density at radius 1 is 1.11 bits per heavy atom. The van der Waals surface area contributed by atoms with E-state index in [1.165, 1.54) is 23.1 Å². The number of carbonyl (C=O) groups excluding carboxylic acids is 2. The zero-order valence-corrected chi connectivity index (χ0v) is 21.7. The van der Waals surface area contributed by atoms with Crippen LogP contribution < -0.4 is 11.1 Å². The van der Waals surface area contributed by atoms with Crippen molar-refractivity contribution in [2.75, 3.05) is 5.32 Å². The maximum absolute atomic E-state index is 13.4. The zero-order chi connectivity index (χ0) is 25.4. The van der Waals surface area contributed by atoms with E-state index in [0.29, 0.717) is 27.7 Å². The SMILES string of the molecule is CCC(Sc1nnc2cc(C)c3ccccc3n12)C(=O)Nc1scc(-c2ccc(C)cc2)c1C(N)=O. The number of carbonyl (C=O) groups is 2. The zero-order valence-electron chi connectivity index (χ0n) is 20.1. The van der Waals surface area contributed by atoms with Crippen LogP contribution in [-0.2, 0) is 4.79 Å². The average molecular weight is 516 g/mol. The first kappa shape index (κ1) is 24.0. The second-order valence-electron chi connectivity index (χ2n) is 8.61. The van der Waals surface area contributed by atoms with Crippen LogP contribution >= 0.6 is 23.1 Å². The minimum Gasteiger partial charge on any atom is -0.365 e. The van der Waals surface area contributed by atoms with Crippen LogP contribution in [0.4, 0.5) is 5.00 Å². The molecule has 1 atom stereocenters. The van der Waals surface area contributed by atoms with E-state index in [4.69, 9.17) is 5.73 Å². The number of nitrogens with two attached hydrogens (primary N) is 1. The van der Waals surface area contributed by atoms with Crippen molar-refractivity contribution in [3.8, 4) is 11.1 Å². The number of primary amides is 1. The normalized spacial score (nSPS) is 12.2. The Kier molecular flexibility index (Phi) is 6.51. The van der Waals surface area contributed by atoms with E-state index in [-0.39, 0.29) is 5.91 Å². The van der Waals surface area contributed by atoms with Gasteiger partial charge in [-0.25, -0.2) is 0 Å². The molecule has 9 heteroatoms. The van der Waals surface area contributed by atoms with Crippen LogP contribution in [0, 0.1) is 13.8 Å². The lowest BCUT2D eigenvalue weighted by molar-refractivity contribution is -0.115. The number of amides is 2. The third-order valence-corrected chi connectivity index (χ3v) is 8.32. The summed E-state index contributed by atoms with van der Waals surface area (Å²) in [5.74, 6) is -0.788. The van der Waals surface area contributed by atoms with Crippen LogP contribution in [0.5, 0.6) is 0 Å². The Labute approximate surface area is 216 Å². The van der Waals surface area contributed by atoms with Gasteiger partial charge in [-0.2, -0.15) is 0 Å². The molecule has 0 bridgehead atoms. The van der Waals surface area contributed by atoms with Crippen molar-refractivity contribution in [3.05, 3.63) is 76.7 Å². The second kappa shape index (κ2) is 9.75. The van der Waals surface area contributed by atoms with Gasteiger partial charge < -0.3 is 11.1 Å².